The number of nitrogens with two attached hydrogens (primary N) is 1. The molecule has 7 nitrogen and oxygen atoms in total. The van der Waals surface area contributed by atoms with Crippen LogP contribution in [0.15, 0.2) is 43.0 Å². The number of pyridine rings is 2. The van der Waals surface area contributed by atoms with E-state index in [1.807, 2.05) is 0 Å². The summed E-state index contributed by atoms with van der Waals surface area (Å²) in [5.74, 6) is 0.167. The summed E-state index contributed by atoms with van der Waals surface area (Å²) in [7, 11) is 0. The van der Waals surface area contributed by atoms with Gasteiger partial charge in [-0.15, -0.1) is 5.10 Å². The van der Waals surface area contributed by atoms with E-state index in [4.69, 9.17) is 5.73 Å². The number of rotatable bonds is 5. The van der Waals surface area contributed by atoms with Gasteiger partial charge in [0.25, 0.3) is 0 Å². The lowest BCUT2D eigenvalue weighted by atomic mass is 10.1. The van der Waals surface area contributed by atoms with Gasteiger partial charge >= 0.3 is 6.18 Å². The molecule has 1 aliphatic carbocycles. The fraction of sp³-hybridized carbons (Fsp3) is 0.263. The van der Waals surface area contributed by atoms with Gasteiger partial charge in [-0.1, -0.05) is 0 Å². The molecule has 0 bridgehead atoms. The lowest BCUT2D eigenvalue weighted by Crippen LogP contribution is -2.21. The molecule has 3 heterocycles. The molecule has 0 amide bonds. The van der Waals surface area contributed by atoms with Gasteiger partial charge in [0.15, 0.2) is 5.82 Å². The van der Waals surface area contributed by atoms with Crippen molar-refractivity contribution in [3.05, 3.63) is 59.9 Å². The molecule has 150 valence electrons. The van der Waals surface area contributed by atoms with Crippen molar-refractivity contribution in [3.8, 4) is 11.4 Å². The molecule has 3 aromatic heterocycles. The monoisotopic (exact) mass is 402 g/mol. The standard InChI is InChI=1S/C19H17F3N6O/c20-19(21,22)16-8-13(7-15(26-16)12-1-2-12)18-25-10-28(27-18)9-14(17(23)29)11-3-5-24-6-4-11/h3-10,12,17,29H,1-2,23H2/b14-9+. The summed E-state index contributed by atoms with van der Waals surface area (Å²) in [5, 5.41) is 14.1. The summed E-state index contributed by atoms with van der Waals surface area (Å²) in [4.78, 5) is 11.8. The lowest BCUT2D eigenvalue weighted by molar-refractivity contribution is -0.141. The van der Waals surface area contributed by atoms with Crippen LogP contribution in [0.5, 0.6) is 0 Å². The molecular formula is C19H17F3N6O. The maximum absolute atomic E-state index is 13.2. The van der Waals surface area contributed by atoms with E-state index in [0.717, 1.165) is 18.9 Å². The zero-order valence-corrected chi connectivity index (χ0v) is 15.1. The van der Waals surface area contributed by atoms with Gasteiger partial charge in [0.05, 0.1) is 0 Å². The summed E-state index contributed by atoms with van der Waals surface area (Å²) >= 11 is 0. The number of aliphatic hydroxyl groups excluding tert-OH is 1. The second-order valence-electron chi connectivity index (χ2n) is 6.75. The topological polar surface area (TPSA) is 103 Å². The van der Waals surface area contributed by atoms with Crippen molar-refractivity contribution in [3.63, 3.8) is 0 Å². The fourth-order valence-corrected chi connectivity index (χ4v) is 2.89. The Kier molecular flexibility index (Phi) is 4.89. The molecule has 3 aromatic rings. The third kappa shape index (κ3) is 4.33. The van der Waals surface area contributed by atoms with E-state index in [-0.39, 0.29) is 17.3 Å². The van der Waals surface area contributed by atoms with Crippen LogP contribution in [0.2, 0.25) is 0 Å². The quantitative estimate of drug-likeness (QED) is 0.636. The van der Waals surface area contributed by atoms with Crippen molar-refractivity contribution in [2.45, 2.75) is 31.2 Å². The van der Waals surface area contributed by atoms with Crippen LogP contribution in [0.25, 0.3) is 23.2 Å². The van der Waals surface area contributed by atoms with Gasteiger partial charge < -0.3 is 10.8 Å². The minimum absolute atomic E-state index is 0.0451. The van der Waals surface area contributed by atoms with E-state index in [2.05, 4.69) is 20.1 Å². The highest BCUT2D eigenvalue weighted by molar-refractivity contribution is 5.77. The Hall–Kier alpha value is -3.11. The van der Waals surface area contributed by atoms with E-state index >= 15 is 0 Å². The second-order valence-corrected chi connectivity index (χ2v) is 6.75. The molecule has 29 heavy (non-hydrogen) atoms. The second kappa shape index (κ2) is 7.37. The minimum Gasteiger partial charge on any atom is -0.374 e. The molecule has 4 rings (SSSR count). The first-order valence-electron chi connectivity index (χ1n) is 8.88. The molecule has 10 heteroatoms. The molecule has 0 spiro atoms. The molecular weight excluding hydrogens is 385 g/mol. The molecule has 3 N–H and O–H groups in total. The van der Waals surface area contributed by atoms with E-state index in [9.17, 15) is 18.3 Å². The molecule has 1 unspecified atom stereocenters. The van der Waals surface area contributed by atoms with Gasteiger partial charge in [0.2, 0.25) is 0 Å². The highest BCUT2D eigenvalue weighted by atomic mass is 19.4. The van der Waals surface area contributed by atoms with Crippen LogP contribution in [0.1, 0.15) is 35.7 Å². The Morgan fingerprint density at radius 1 is 1.24 bits per heavy atom. The maximum atomic E-state index is 13.2. The van der Waals surface area contributed by atoms with E-state index in [0.29, 0.717) is 16.8 Å². The first kappa shape index (κ1) is 19.2. The zero-order chi connectivity index (χ0) is 20.6. The number of nitrogens with zero attached hydrogens (tertiary/aromatic N) is 5. The van der Waals surface area contributed by atoms with Crippen LogP contribution in [0.3, 0.4) is 0 Å². The SMILES string of the molecule is NC(O)/C(=C/n1cnc(-c2cc(C3CC3)nc(C(F)(F)F)c2)n1)c1ccncc1. The molecule has 0 aromatic carbocycles. The summed E-state index contributed by atoms with van der Waals surface area (Å²) < 4.78 is 41.0. The normalized spacial score (nSPS) is 16.1. The molecule has 0 aliphatic heterocycles. The number of aliphatic hydroxyl groups is 1. The van der Waals surface area contributed by atoms with E-state index < -0.39 is 18.1 Å². The molecule has 1 atom stereocenters. The Balaban J connectivity index is 1.71. The highest BCUT2D eigenvalue weighted by Gasteiger charge is 2.35. The Labute approximate surface area is 163 Å². The highest BCUT2D eigenvalue weighted by Crippen LogP contribution is 2.41. The third-order valence-corrected chi connectivity index (χ3v) is 4.50. The number of aromatic nitrogens is 5. The van der Waals surface area contributed by atoms with Crippen molar-refractivity contribution in [1.29, 1.82) is 0 Å². The molecule has 1 saturated carbocycles. The average Bonchev–Trinajstić information content (AvgIpc) is 3.44. The minimum atomic E-state index is -4.56. The number of alkyl halides is 3. The van der Waals surface area contributed by atoms with Crippen molar-refractivity contribution in [2.75, 3.05) is 0 Å². The fourth-order valence-electron chi connectivity index (χ4n) is 2.89. The summed E-state index contributed by atoms with van der Waals surface area (Å²) in [6.07, 6.45) is 1.70. The van der Waals surface area contributed by atoms with Crippen molar-refractivity contribution in [1.82, 2.24) is 24.7 Å². The predicted octanol–water partition coefficient (Wildman–Crippen LogP) is 2.91. The molecule has 1 aliphatic rings. The van der Waals surface area contributed by atoms with Gasteiger partial charge in [-0.3, -0.25) is 4.98 Å². The van der Waals surface area contributed by atoms with Crippen molar-refractivity contribution < 1.29 is 18.3 Å². The van der Waals surface area contributed by atoms with Gasteiger partial charge in [-0.25, -0.2) is 14.6 Å². The predicted molar refractivity (Wildman–Crippen MR) is 98.8 cm³/mol. The summed E-state index contributed by atoms with van der Waals surface area (Å²) in [6, 6.07) is 5.87. The van der Waals surface area contributed by atoms with Crippen LogP contribution < -0.4 is 5.73 Å². The van der Waals surface area contributed by atoms with Gasteiger partial charge in [0, 0.05) is 41.3 Å². The summed E-state index contributed by atoms with van der Waals surface area (Å²) in [6.45, 7) is 0. The molecule has 0 saturated heterocycles. The van der Waals surface area contributed by atoms with Gasteiger partial charge in [-0.2, -0.15) is 13.2 Å². The number of hydrogen-bond acceptors (Lipinski definition) is 6. The van der Waals surface area contributed by atoms with E-state index in [1.165, 1.54) is 17.2 Å². The number of hydrogen-bond donors (Lipinski definition) is 2. The van der Waals surface area contributed by atoms with Crippen LogP contribution in [0.4, 0.5) is 13.2 Å². The third-order valence-electron chi connectivity index (χ3n) is 4.50. The zero-order valence-electron chi connectivity index (χ0n) is 15.1. The van der Waals surface area contributed by atoms with Crippen LogP contribution >= 0.6 is 0 Å². The first-order valence-corrected chi connectivity index (χ1v) is 8.88. The Morgan fingerprint density at radius 2 is 1.97 bits per heavy atom. The Bertz CT molecular complexity index is 1040. The van der Waals surface area contributed by atoms with Gasteiger partial charge in [-0.05, 0) is 42.7 Å². The smallest absolute Gasteiger partial charge is 0.374 e. The van der Waals surface area contributed by atoms with Crippen molar-refractivity contribution in [2.24, 2.45) is 5.73 Å². The molecule has 0 radical (unpaired) electrons. The number of halogens is 3. The maximum Gasteiger partial charge on any atom is 0.433 e. The van der Waals surface area contributed by atoms with E-state index in [1.54, 1.807) is 30.6 Å². The largest absolute Gasteiger partial charge is 0.433 e. The first-order chi connectivity index (χ1) is 13.8. The van der Waals surface area contributed by atoms with Gasteiger partial charge in [0.1, 0.15) is 18.2 Å². The molecule has 1 fully saturated rings. The van der Waals surface area contributed by atoms with Crippen LogP contribution in [-0.2, 0) is 6.18 Å². The van der Waals surface area contributed by atoms with Crippen LogP contribution in [-0.4, -0.2) is 36.1 Å². The lowest BCUT2D eigenvalue weighted by Gasteiger charge is -2.10. The summed E-state index contributed by atoms with van der Waals surface area (Å²) in [5.41, 5.74) is 6.30. The average molecular weight is 402 g/mol. The van der Waals surface area contributed by atoms with Crippen LogP contribution in [0, 0.1) is 0 Å². The Morgan fingerprint density at radius 3 is 2.59 bits per heavy atom. The van der Waals surface area contributed by atoms with Crippen molar-refractivity contribution >= 4 is 11.8 Å².